The van der Waals surface area contributed by atoms with E-state index in [0.29, 0.717) is 42.6 Å². The normalized spacial score (nSPS) is 19.2. The number of methoxy groups -OCH3 is 2. The summed E-state index contributed by atoms with van der Waals surface area (Å²) in [5.41, 5.74) is 0.375. The number of hydrogen-bond donors (Lipinski definition) is 0. The average Bonchev–Trinajstić information content (AvgIpc) is 3.55. The molecule has 9 heteroatoms. The van der Waals surface area contributed by atoms with Crippen LogP contribution in [0.2, 0.25) is 5.02 Å². The molecule has 2 fully saturated rings. The van der Waals surface area contributed by atoms with Crippen molar-refractivity contribution < 1.29 is 14.3 Å². The summed E-state index contributed by atoms with van der Waals surface area (Å²) in [4.78, 5) is 27.9. The Morgan fingerprint density at radius 3 is 2.77 bits per heavy atom. The van der Waals surface area contributed by atoms with Crippen LogP contribution in [0.25, 0.3) is 0 Å². The van der Waals surface area contributed by atoms with Crippen LogP contribution in [0, 0.1) is 0 Å². The van der Waals surface area contributed by atoms with E-state index < -0.39 is 0 Å². The second-order valence-electron chi connectivity index (χ2n) is 7.89. The van der Waals surface area contributed by atoms with Crippen LogP contribution in [0.5, 0.6) is 5.75 Å². The lowest BCUT2D eigenvalue weighted by molar-refractivity contribution is 0.0699. The zero-order valence-corrected chi connectivity index (χ0v) is 18.1. The highest BCUT2D eigenvalue weighted by Gasteiger charge is 2.35. The van der Waals surface area contributed by atoms with Gasteiger partial charge in [-0.2, -0.15) is 5.10 Å². The minimum atomic E-state index is -0.113. The van der Waals surface area contributed by atoms with Crippen molar-refractivity contribution in [2.45, 2.75) is 44.2 Å². The van der Waals surface area contributed by atoms with Crippen LogP contribution in [0.3, 0.4) is 0 Å². The third-order valence-corrected chi connectivity index (χ3v) is 6.02. The third kappa shape index (κ3) is 4.11. The maximum atomic E-state index is 13.2. The summed E-state index contributed by atoms with van der Waals surface area (Å²) in [5, 5.41) is 5.14. The van der Waals surface area contributed by atoms with Crippen molar-refractivity contribution in [1.82, 2.24) is 19.2 Å². The van der Waals surface area contributed by atoms with Gasteiger partial charge >= 0.3 is 5.69 Å². The van der Waals surface area contributed by atoms with Crippen molar-refractivity contribution in [1.29, 1.82) is 0 Å². The van der Waals surface area contributed by atoms with Gasteiger partial charge in [0, 0.05) is 37.2 Å². The molecule has 1 aromatic heterocycles. The van der Waals surface area contributed by atoms with Gasteiger partial charge in [-0.3, -0.25) is 9.36 Å². The van der Waals surface area contributed by atoms with Gasteiger partial charge < -0.3 is 14.4 Å². The number of amides is 1. The highest BCUT2D eigenvalue weighted by atomic mass is 35.5. The quantitative estimate of drug-likeness (QED) is 0.669. The van der Waals surface area contributed by atoms with Crippen molar-refractivity contribution in [2.24, 2.45) is 0 Å². The van der Waals surface area contributed by atoms with E-state index in [1.165, 1.54) is 4.68 Å². The molecular weight excluding hydrogens is 408 g/mol. The highest BCUT2D eigenvalue weighted by molar-refractivity contribution is 6.31. The number of ether oxygens (including phenoxy) is 2. The van der Waals surface area contributed by atoms with Crippen LogP contribution in [-0.4, -0.2) is 59.1 Å². The van der Waals surface area contributed by atoms with Crippen molar-refractivity contribution in [3.63, 3.8) is 0 Å². The summed E-state index contributed by atoms with van der Waals surface area (Å²) in [6.07, 6.45) is 3.74. The van der Waals surface area contributed by atoms with Gasteiger partial charge in [0.15, 0.2) is 0 Å². The number of rotatable bonds is 7. The fourth-order valence-corrected chi connectivity index (χ4v) is 4.28. The fraction of sp³-hybridized carbons (Fsp3) is 0.571. The molecule has 162 valence electrons. The maximum Gasteiger partial charge on any atom is 0.346 e. The van der Waals surface area contributed by atoms with Crippen LogP contribution in [0.15, 0.2) is 23.0 Å². The Labute approximate surface area is 180 Å². The molecule has 0 radical (unpaired) electrons. The predicted molar refractivity (Wildman–Crippen MR) is 113 cm³/mol. The summed E-state index contributed by atoms with van der Waals surface area (Å²) in [6, 6.07) is 5.28. The molecule has 8 nitrogen and oxygen atoms in total. The zero-order valence-electron chi connectivity index (χ0n) is 17.3. The molecule has 1 saturated carbocycles. The van der Waals surface area contributed by atoms with Gasteiger partial charge in [-0.25, -0.2) is 9.48 Å². The number of likely N-dealkylation sites (tertiary alicyclic amines) is 1. The van der Waals surface area contributed by atoms with Crippen LogP contribution < -0.4 is 10.4 Å². The van der Waals surface area contributed by atoms with E-state index in [9.17, 15) is 9.59 Å². The Balaban J connectivity index is 1.60. The summed E-state index contributed by atoms with van der Waals surface area (Å²) in [5.74, 6) is 1.20. The van der Waals surface area contributed by atoms with E-state index >= 15 is 0 Å². The van der Waals surface area contributed by atoms with Gasteiger partial charge in [0.05, 0.1) is 25.8 Å². The number of aromatic nitrogens is 3. The smallest absolute Gasteiger partial charge is 0.346 e. The summed E-state index contributed by atoms with van der Waals surface area (Å²) in [7, 11) is 3.15. The first-order valence-corrected chi connectivity index (χ1v) is 10.7. The molecule has 1 amide bonds. The van der Waals surface area contributed by atoms with E-state index in [1.54, 1.807) is 32.4 Å². The molecule has 30 heavy (non-hydrogen) atoms. The molecule has 2 heterocycles. The van der Waals surface area contributed by atoms with Crippen molar-refractivity contribution in [2.75, 3.05) is 33.9 Å². The second-order valence-corrected chi connectivity index (χ2v) is 8.33. The molecule has 0 N–H and O–H groups in total. The second kappa shape index (κ2) is 8.81. The lowest BCUT2D eigenvalue weighted by atomic mass is 9.96. The van der Waals surface area contributed by atoms with Crippen molar-refractivity contribution in [3.8, 4) is 5.75 Å². The predicted octanol–water partition coefficient (Wildman–Crippen LogP) is 2.71. The minimum absolute atomic E-state index is 0.0185. The number of carbonyl (C=O) groups is 1. The number of hydrogen-bond acceptors (Lipinski definition) is 5. The standard InChI is InChI=1S/C21H27ClN4O4/c1-29-11-10-25-21(28)26(16-6-7-16)19(23-25)14-4-3-9-24(13-14)20(27)17-12-15(22)5-8-18(17)30-2/h5,8,12,14,16H,3-4,6-7,9-11,13H2,1-2H3. The van der Waals surface area contributed by atoms with Gasteiger partial charge in [0.1, 0.15) is 11.6 Å². The van der Waals surface area contributed by atoms with E-state index in [-0.39, 0.29) is 23.6 Å². The Kier molecular flexibility index (Phi) is 6.15. The van der Waals surface area contributed by atoms with E-state index in [4.69, 9.17) is 21.1 Å². The number of piperidine rings is 1. The molecule has 1 aliphatic heterocycles. The van der Waals surface area contributed by atoms with E-state index in [2.05, 4.69) is 5.10 Å². The number of nitrogens with zero attached hydrogens (tertiary/aromatic N) is 4. The number of carbonyl (C=O) groups excluding carboxylic acids is 1. The molecule has 0 bridgehead atoms. The Bertz CT molecular complexity index is 982. The Morgan fingerprint density at radius 2 is 2.07 bits per heavy atom. The van der Waals surface area contributed by atoms with Gasteiger partial charge in [0.2, 0.25) is 0 Å². The first-order chi connectivity index (χ1) is 14.5. The molecule has 1 aliphatic carbocycles. The van der Waals surface area contributed by atoms with Crippen LogP contribution in [-0.2, 0) is 11.3 Å². The van der Waals surface area contributed by atoms with Gasteiger partial charge in [-0.05, 0) is 43.9 Å². The molecule has 2 aromatic rings. The lowest BCUT2D eigenvalue weighted by Crippen LogP contribution is -2.40. The molecule has 1 unspecified atom stereocenters. The van der Waals surface area contributed by atoms with Crippen LogP contribution in [0.1, 0.15) is 53.8 Å². The molecule has 1 saturated heterocycles. The van der Waals surface area contributed by atoms with Crippen molar-refractivity contribution >= 4 is 17.5 Å². The molecule has 1 aromatic carbocycles. The summed E-state index contributed by atoms with van der Waals surface area (Å²) in [6.45, 7) is 2.03. The monoisotopic (exact) mass is 434 g/mol. The minimum Gasteiger partial charge on any atom is -0.496 e. The highest BCUT2D eigenvalue weighted by Crippen LogP contribution is 2.37. The molecule has 2 aliphatic rings. The summed E-state index contributed by atoms with van der Waals surface area (Å²) >= 11 is 6.12. The van der Waals surface area contributed by atoms with Gasteiger partial charge in [-0.1, -0.05) is 11.6 Å². The lowest BCUT2D eigenvalue weighted by Gasteiger charge is -2.32. The SMILES string of the molecule is COCCn1nc(C2CCCN(C(=O)c3cc(Cl)ccc3OC)C2)n(C2CC2)c1=O. The van der Waals surface area contributed by atoms with Crippen LogP contribution in [0.4, 0.5) is 0 Å². The zero-order chi connectivity index (χ0) is 21.3. The molecular formula is C21H27ClN4O4. The maximum absolute atomic E-state index is 13.2. The fourth-order valence-electron chi connectivity index (χ4n) is 4.10. The largest absolute Gasteiger partial charge is 0.496 e. The number of halogens is 1. The van der Waals surface area contributed by atoms with Crippen LogP contribution >= 0.6 is 11.6 Å². The van der Waals surface area contributed by atoms with Gasteiger partial charge in [-0.15, -0.1) is 0 Å². The Morgan fingerprint density at radius 1 is 1.27 bits per heavy atom. The first-order valence-electron chi connectivity index (χ1n) is 10.3. The summed E-state index contributed by atoms with van der Waals surface area (Å²) < 4.78 is 13.8. The third-order valence-electron chi connectivity index (χ3n) is 5.78. The van der Waals surface area contributed by atoms with Crippen molar-refractivity contribution in [3.05, 3.63) is 45.1 Å². The van der Waals surface area contributed by atoms with Gasteiger partial charge in [0.25, 0.3) is 5.91 Å². The molecule has 1 atom stereocenters. The first kappa shape index (κ1) is 20.9. The number of benzene rings is 1. The van der Waals surface area contributed by atoms with E-state index in [0.717, 1.165) is 31.5 Å². The average molecular weight is 435 g/mol. The molecule has 0 spiro atoms. The molecule has 4 rings (SSSR count). The topological polar surface area (TPSA) is 78.6 Å². The Hall–Kier alpha value is -2.32. The van der Waals surface area contributed by atoms with E-state index in [1.807, 2.05) is 9.47 Å².